The molecule has 7 heteroatoms. The summed E-state index contributed by atoms with van der Waals surface area (Å²) in [5.41, 5.74) is 2.94. The number of hydrogen-bond donors (Lipinski definition) is 0. The first-order valence-electron chi connectivity index (χ1n) is 9.46. The highest BCUT2D eigenvalue weighted by atomic mass is 15.6. The number of tetrazole rings is 1. The van der Waals surface area contributed by atoms with Crippen molar-refractivity contribution in [1.29, 1.82) is 0 Å². The maximum Gasteiger partial charge on any atom is 0.246 e. The molecule has 5 rings (SSSR count). The van der Waals surface area contributed by atoms with Gasteiger partial charge in [-0.25, -0.2) is 14.6 Å². The summed E-state index contributed by atoms with van der Waals surface area (Å²) in [7, 11) is 0. The molecular weight excluding hydrogens is 314 g/mol. The Morgan fingerprint density at radius 1 is 1.28 bits per heavy atom. The second-order valence-corrected chi connectivity index (χ2v) is 8.45. The summed E-state index contributed by atoms with van der Waals surface area (Å²) in [5, 5.41) is 12.7. The van der Waals surface area contributed by atoms with Crippen LogP contribution in [0, 0.1) is 11.3 Å². The number of aromatic nitrogens is 6. The molecule has 1 aliphatic carbocycles. The molecule has 2 bridgehead atoms. The number of fused-ring (bicyclic) bond motifs is 4. The molecule has 0 amide bonds. The maximum absolute atomic E-state index is 4.79. The highest BCUT2D eigenvalue weighted by molar-refractivity contribution is 5.45. The van der Waals surface area contributed by atoms with Crippen LogP contribution in [-0.4, -0.2) is 36.2 Å². The van der Waals surface area contributed by atoms with Crippen molar-refractivity contribution in [2.45, 2.75) is 71.5 Å². The Balaban J connectivity index is 1.47. The Morgan fingerprint density at radius 2 is 2.12 bits per heavy atom. The van der Waals surface area contributed by atoms with Gasteiger partial charge in [0.25, 0.3) is 0 Å². The van der Waals surface area contributed by atoms with Crippen molar-refractivity contribution < 1.29 is 0 Å². The third-order valence-corrected chi connectivity index (χ3v) is 6.41. The van der Waals surface area contributed by atoms with Gasteiger partial charge in [0.1, 0.15) is 5.82 Å². The van der Waals surface area contributed by atoms with Gasteiger partial charge >= 0.3 is 0 Å². The van der Waals surface area contributed by atoms with E-state index in [4.69, 9.17) is 4.98 Å². The minimum atomic E-state index is 0.316. The molecule has 2 fully saturated rings. The second-order valence-electron chi connectivity index (χ2n) is 8.45. The highest BCUT2D eigenvalue weighted by Crippen LogP contribution is 2.53. The first kappa shape index (κ1) is 15.2. The molecule has 25 heavy (non-hydrogen) atoms. The molecule has 0 spiro atoms. The summed E-state index contributed by atoms with van der Waals surface area (Å²) in [6.45, 7) is 7.68. The largest absolute Gasteiger partial charge is 0.329 e. The van der Waals surface area contributed by atoms with Gasteiger partial charge in [0.05, 0.1) is 11.7 Å². The quantitative estimate of drug-likeness (QED) is 0.851. The van der Waals surface area contributed by atoms with Crippen LogP contribution in [0.2, 0.25) is 0 Å². The van der Waals surface area contributed by atoms with Gasteiger partial charge in [-0.15, -0.1) is 0 Å². The van der Waals surface area contributed by atoms with Gasteiger partial charge in [0.15, 0.2) is 0 Å². The monoisotopic (exact) mass is 339 g/mol. The summed E-state index contributed by atoms with van der Waals surface area (Å²) in [6, 6.07) is 0.769. The average molecular weight is 339 g/mol. The van der Waals surface area contributed by atoms with Gasteiger partial charge in [-0.1, -0.05) is 25.9 Å². The molecule has 0 radical (unpaired) electrons. The third-order valence-electron chi connectivity index (χ3n) is 6.41. The van der Waals surface area contributed by atoms with E-state index in [0.717, 1.165) is 37.6 Å². The molecule has 3 aliphatic rings. The number of hydrogen-bond acceptors (Lipinski definition) is 6. The molecule has 0 aromatic carbocycles. The van der Waals surface area contributed by atoms with Gasteiger partial charge < -0.3 is 4.90 Å². The summed E-state index contributed by atoms with van der Waals surface area (Å²) >= 11 is 0. The zero-order chi connectivity index (χ0) is 17.2. The van der Waals surface area contributed by atoms with Crippen molar-refractivity contribution in [3.63, 3.8) is 0 Å². The Kier molecular flexibility index (Phi) is 3.18. The number of anilines is 1. The zero-order valence-corrected chi connectivity index (χ0v) is 15.2. The van der Waals surface area contributed by atoms with Crippen LogP contribution in [0.15, 0.2) is 6.20 Å². The summed E-state index contributed by atoms with van der Waals surface area (Å²) < 4.78 is 2.02. The molecule has 132 valence electrons. The maximum atomic E-state index is 4.79. The number of rotatable bonds is 4. The standard InChI is InChI=1S/C18H25N7/c1-4-16-19-9-13-14(20-16)7-12-5-6-15(13)25(12)17-21-22-23-24(17)10-11-8-18(11,2)3/h9,11-12,15H,4-8,10H2,1-3H3. The molecule has 7 nitrogen and oxygen atoms in total. The van der Waals surface area contributed by atoms with Crippen LogP contribution in [0.3, 0.4) is 0 Å². The van der Waals surface area contributed by atoms with Gasteiger partial charge in [-0.3, -0.25) is 0 Å². The molecule has 3 atom stereocenters. The Hall–Kier alpha value is -2.05. The van der Waals surface area contributed by atoms with Crippen molar-refractivity contribution in [3.05, 3.63) is 23.3 Å². The van der Waals surface area contributed by atoms with Gasteiger partial charge in [0.2, 0.25) is 5.95 Å². The summed E-state index contributed by atoms with van der Waals surface area (Å²) in [4.78, 5) is 11.8. The van der Waals surface area contributed by atoms with Crippen LogP contribution in [0.5, 0.6) is 0 Å². The van der Waals surface area contributed by atoms with Gasteiger partial charge in [-0.2, -0.15) is 0 Å². The van der Waals surface area contributed by atoms with E-state index >= 15 is 0 Å². The predicted octanol–water partition coefficient (Wildman–Crippen LogP) is 2.34. The van der Waals surface area contributed by atoms with E-state index in [0.29, 0.717) is 23.4 Å². The van der Waals surface area contributed by atoms with Crippen LogP contribution < -0.4 is 4.90 Å². The van der Waals surface area contributed by atoms with Crippen LogP contribution in [-0.2, 0) is 19.4 Å². The fourth-order valence-electron chi connectivity index (χ4n) is 4.59. The summed E-state index contributed by atoms with van der Waals surface area (Å²) in [6.07, 6.45) is 7.47. The van der Waals surface area contributed by atoms with Crippen LogP contribution >= 0.6 is 0 Å². The lowest BCUT2D eigenvalue weighted by atomic mass is 9.99. The minimum Gasteiger partial charge on any atom is -0.329 e. The highest BCUT2D eigenvalue weighted by Gasteiger charge is 2.47. The minimum absolute atomic E-state index is 0.316. The van der Waals surface area contributed by atoms with E-state index in [-0.39, 0.29) is 0 Å². The average Bonchev–Trinajstić information content (AvgIpc) is 2.91. The molecule has 2 aromatic heterocycles. The second kappa shape index (κ2) is 5.22. The van der Waals surface area contributed by atoms with Crippen molar-refractivity contribution in [3.8, 4) is 0 Å². The van der Waals surface area contributed by atoms with Gasteiger partial charge in [0, 0.05) is 37.2 Å². The molecule has 1 saturated heterocycles. The van der Waals surface area contributed by atoms with E-state index in [2.05, 4.69) is 46.2 Å². The van der Waals surface area contributed by atoms with Crippen LogP contribution in [0.4, 0.5) is 5.95 Å². The smallest absolute Gasteiger partial charge is 0.246 e. The Bertz CT molecular complexity index is 812. The van der Waals surface area contributed by atoms with Crippen molar-refractivity contribution in [2.24, 2.45) is 11.3 Å². The number of nitrogens with zero attached hydrogens (tertiary/aromatic N) is 7. The first-order valence-corrected chi connectivity index (χ1v) is 9.46. The van der Waals surface area contributed by atoms with E-state index in [1.54, 1.807) is 0 Å². The molecule has 4 heterocycles. The molecule has 0 N–H and O–H groups in total. The molecule has 3 unspecified atom stereocenters. The molecule has 1 saturated carbocycles. The lowest BCUT2D eigenvalue weighted by Crippen LogP contribution is -2.40. The summed E-state index contributed by atoms with van der Waals surface area (Å²) in [5.74, 6) is 2.56. The molecular formula is C18H25N7. The third kappa shape index (κ3) is 2.35. The predicted molar refractivity (Wildman–Crippen MR) is 93.1 cm³/mol. The fraction of sp³-hybridized carbons (Fsp3) is 0.722. The molecule has 2 aromatic rings. The molecule has 2 aliphatic heterocycles. The topological polar surface area (TPSA) is 72.6 Å². The Morgan fingerprint density at radius 3 is 2.88 bits per heavy atom. The van der Waals surface area contributed by atoms with E-state index in [1.807, 2.05) is 10.9 Å². The van der Waals surface area contributed by atoms with Crippen molar-refractivity contribution >= 4 is 5.95 Å². The van der Waals surface area contributed by atoms with Crippen LogP contribution in [0.25, 0.3) is 0 Å². The van der Waals surface area contributed by atoms with E-state index in [9.17, 15) is 0 Å². The lowest BCUT2D eigenvalue weighted by molar-refractivity contribution is 0.453. The Labute approximate surface area is 147 Å². The zero-order valence-electron chi connectivity index (χ0n) is 15.2. The lowest BCUT2D eigenvalue weighted by Gasteiger charge is -2.35. The normalized spacial score (nSPS) is 28.9. The SMILES string of the molecule is CCc1ncc2c(n1)CC1CCC2N1c1nnnn1CC1CC1(C)C. The van der Waals surface area contributed by atoms with E-state index < -0.39 is 0 Å². The van der Waals surface area contributed by atoms with Gasteiger partial charge in [-0.05, 0) is 41.0 Å². The van der Waals surface area contributed by atoms with E-state index in [1.165, 1.54) is 24.1 Å². The first-order chi connectivity index (χ1) is 12.1. The fourth-order valence-corrected chi connectivity index (χ4v) is 4.59. The number of aryl methyl sites for hydroxylation is 1. The van der Waals surface area contributed by atoms with Crippen molar-refractivity contribution in [1.82, 2.24) is 30.2 Å². The van der Waals surface area contributed by atoms with Crippen LogP contribution in [0.1, 0.15) is 63.2 Å². The van der Waals surface area contributed by atoms with Crippen molar-refractivity contribution in [2.75, 3.05) is 4.90 Å².